The Balaban J connectivity index is 2.32. The zero-order valence-corrected chi connectivity index (χ0v) is 12.0. The summed E-state index contributed by atoms with van der Waals surface area (Å²) in [5, 5.41) is 9.86. The summed E-state index contributed by atoms with van der Waals surface area (Å²) in [6.45, 7) is 7.39. The third-order valence-corrected chi connectivity index (χ3v) is 4.51. The van der Waals surface area contributed by atoms with Crippen LogP contribution in [0.25, 0.3) is 0 Å². The van der Waals surface area contributed by atoms with Crippen molar-refractivity contribution in [1.82, 2.24) is 14.9 Å². The average molecular weight is 267 g/mol. The molecule has 2 heterocycles. The van der Waals surface area contributed by atoms with E-state index in [1.807, 2.05) is 6.92 Å². The number of aryl methyl sites for hydroxylation is 2. The van der Waals surface area contributed by atoms with Crippen LogP contribution in [0.15, 0.2) is 11.4 Å². The first-order valence-electron chi connectivity index (χ1n) is 5.80. The van der Waals surface area contributed by atoms with Gasteiger partial charge < -0.3 is 5.32 Å². The lowest BCUT2D eigenvalue weighted by atomic mass is 10.1. The number of thiophene rings is 1. The number of nitrogens with zero attached hydrogens (tertiary/aromatic N) is 2. The molecule has 0 aliphatic heterocycles. The van der Waals surface area contributed by atoms with Gasteiger partial charge in [-0.15, -0.1) is 16.4 Å². The molecule has 2 rings (SSSR count). The van der Waals surface area contributed by atoms with Crippen molar-refractivity contribution in [3.8, 4) is 0 Å². The summed E-state index contributed by atoms with van der Waals surface area (Å²) in [7, 11) is 0. The average Bonchev–Trinajstić information content (AvgIpc) is 2.90. The van der Waals surface area contributed by atoms with Crippen LogP contribution in [0.3, 0.4) is 0 Å². The van der Waals surface area contributed by atoms with E-state index in [2.05, 4.69) is 40.2 Å². The smallest absolute Gasteiger partial charge is 0.0776 e. The van der Waals surface area contributed by atoms with Gasteiger partial charge in [0.15, 0.2) is 0 Å². The minimum absolute atomic E-state index is 0.251. The molecule has 1 N–H and O–H groups in total. The molecule has 0 spiro atoms. The number of aromatic nitrogens is 2. The van der Waals surface area contributed by atoms with E-state index < -0.39 is 0 Å². The molecule has 0 amide bonds. The standard InChI is InChI=1S/C12H17N3S2/c1-4-6-13-11(10-5-7-16-9(10)3)12-8(2)14-15-17-12/h5,7,11,13H,4,6H2,1-3H3. The van der Waals surface area contributed by atoms with Crippen molar-refractivity contribution in [2.45, 2.75) is 33.2 Å². The normalized spacial score (nSPS) is 12.9. The molecule has 0 bridgehead atoms. The fraction of sp³-hybridized carbons (Fsp3) is 0.500. The molecule has 0 aromatic carbocycles. The topological polar surface area (TPSA) is 37.8 Å². The summed E-state index contributed by atoms with van der Waals surface area (Å²) < 4.78 is 4.05. The van der Waals surface area contributed by atoms with E-state index in [0.717, 1.165) is 18.7 Å². The van der Waals surface area contributed by atoms with Crippen LogP contribution in [0.2, 0.25) is 0 Å². The van der Waals surface area contributed by atoms with E-state index in [1.165, 1.54) is 26.9 Å². The van der Waals surface area contributed by atoms with E-state index in [0.29, 0.717) is 0 Å². The van der Waals surface area contributed by atoms with Gasteiger partial charge in [-0.2, -0.15) is 0 Å². The number of rotatable bonds is 5. The van der Waals surface area contributed by atoms with Crippen LogP contribution in [0.1, 0.15) is 40.4 Å². The van der Waals surface area contributed by atoms with Crippen LogP contribution in [0.5, 0.6) is 0 Å². The fourth-order valence-electron chi connectivity index (χ4n) is 1.83. The Kier molecular flexibility index (Phi) is 4.25. The predicted molar refractivity (Wildman–Crippen MR) is 73.8 cm³/mol. The number of hydrogen-bond acceptors (Lipinski definition) is 5. The van der Waals surface area contributed by atoms with Crippen LogP contribution in [0.4, 0.5) is 0 Å². The molecule has 0 radical (unpaired) electrons. The van der Waals surface area contributed by atoms with Crippen LogP contribution < -0.4 is 5.32 Å². The Bertz CT molecular complexity index is 435. The lowest BCUT2D eigenvalue weighted by Gasteiger charge is -2.17. The van der Waals surface area contributed by atoms with Crippen molar-refractivity contribution < 1.29 is 0 Å². The second-order valence-corrected chi connectivity index (χ2v) is 5.95. The highest BCUT2D eigenvalue weighted by molar-refractivity contribution is 7.10. The summed E-state index contributed by atoms with van der Waals surface area (Å²) >= 11 is 3.29. The Labute approximate surface area is 110 Å². The largest absolute Gasteiger partial charge is 0.305 e. The second kappa shape index (κ2) is 5.71. The van der Waals surface area contributed by atoms with Crippen LogP contribution in [-0.2, 0) is 0 Å². The third-order valence-electron chi connectivity index (χ3n) is 2.76. The Hall–Kier alpha value is -0.780. The maximum absolute atomic E-state index is 4.12. The molecule has 92 valence electrons. The van der Waals surface area contributed by atoms with Crippen molar-refractivity contribution in [3.63, 3.8) is 0 Å². The van der Waals surface area contributed by atoms with Crippen LogP contribution in [0, 0.1) is 13.8 Å². The van der Waals surface area contributed by atoms with Gasteiger partial charge in [-0.1, -0.05) is 11.4 Å². The predicted octanol–water partition coefficient (Wildman–Crippen LogP) is 3.31. The molecule has 0 aliphatic rings. The molecule has 17 heavy (non-hydrogen) atoms. The zero-order chi connectivity index (χ0) is 12.3. The third kappa shape index (κ3) is 2.73. The van der Waals surface area contributed by atoms with Gasteiger partial charge in [-0.05, 0) is 55.4 Å². The summed E-state index contributed by atoms with van der Waals surface area (Å²) in [6.07, 6.45) is 1.13. The first-order chi connectivity index (χ1) is 8.24. The van der Waals surface area contributed by atoms with Crippen molar-refractivity contribution in [2.24, 2.45) is 0 Å². The van der Waals surface area contributed by atoms with E-state index in [4.69, 9.17) is 0 Å². The molecule has 0 aliphatic carbocycles. The highest BCUT2D eigenvalue weighted by atomic mass is 32.1. The highest BCUT2D eigenvalue weighted by Crippen LogP contribution is 2.31. The quantitative estimate of drug-likeness (QED) is 0.903. The van der Waals surface area contributed by atoms with E-state index in [-0.39, 0.29) is 6.04 Å². The first-order valence-corrected chi connectivity index (χ1v) is 7.45. The van der Waals surface area contributed by atoms with Crippen molar-refractivity contribution in [1.29, 1.82) is 0 Å². The van der Waals surface area contributed by atoms with E-state index in [9.17, 15) is 0 Å². The molecule has 1 atom stereocenters. The minimum atomic E-state index is 0.251. The minimum Gasteiger partial charge on any atom is -0.305 e. The summed E-state index contributed by atoms with van der Waals surface area (Å²) in [5.74, 6) is 0. The molecule has 0 fully saturated rings. The zero-order valence-electron chi connectivity index (χ0n) is 10.4. The number of hydrogen-bond donors (Lipinski definition) is 1. The molecule has 2 aromatic heterocycles. The number of nitrogens with one attached hydrogen (secondary N) is 1. The Morgan fingerprint density at radius 1 is 1.41 bits per heavy atom. The molecule has 3 nitrogen and oxygen atoms in total. The first kappa shape index (κ1) is 12.7. The molecule has 1 unspecified atom stereocenters. The van der Waals surface area contributed by atoms with Gasteiger partial charge in [0, 0.05) is 4.88 Å². The second-order valence-electron chi connectivity index (χ2n) is 4.04. The Morgan fingerprint density at radius 3 is 2.76 bits per heavy atom. The maximum Gasteiger partial charge on any atom is 0.0776 e. The van der Waals surface area contributed by atoms with Gasteiger partial charge in [-0.25, -0.2) is 0 Å². The van der Waals surface area contributed by atoms with Crippen LogP contribution >= 0.6 is 22.9 Å². The SMILES string of the molecule is CCCNC(c1ccsc1C)c1snnc1C. The van der Waals surface area contributed by atoms with Crippen molar-refractivity contribution in [2.75, 3.05) is 6.54 Å². The summed E-state index contributed by atoms with van der Waals surface area (Å²) in [4.78, 5) is 2.60. The van der Waals surface area contributed by atoms with Gasteiger partial charge in [-0.3, -0.25) is 0 Å². The lowest BCUT2D eigenvalue weighted by Crippen LogP contribution is -2.23. The monoisotopic (exact) mass is 267 g/mol. The Morgan fingerprint density at radius 2 is 2.24 bits per heavy atom. The van der Waals surface area contributed by atoms with Crippen LogP contribution in [-0.4, -0.2) is 16.1 Å². The van der Waals surface area contributed by atoms with Gasteiger partial charge in [0.1, 0.15) is 0 Å². The van der Waals surface area contributed by atoms with Gasteiger partial charge >= 0.3 is 0 Å². The summed E-state index contributed by atoms with van der Waals surface area (Å²) in [5.41, 5.74) is 2.40. The van der Waals surface area contributed by atoms with Crippen molar-refractivity contribution >= 4 is 22.9 Å². The van der Waals surface area contributed by atoms with Gasteiger partial charge in [0.05, 0.1) is 16.6 Å². The van der Waals surface area contributed by atoms with Gasteiger partial charge in [0.2, 0.25) is 0 Å². The molecular weight excluding hydrogens is 250 g/mol. The van der Waals surface area contributed by atoms with Gasteiger partial charge in [0.25, 0.3) is 0 Å². The summed E-state index contributed by atoms with van der Waals surface area (Å²) in [6, 6.07) is 2.45. The van der Waals surface area contributed by atoms with E-state index in [1.54, 1.807) is 11.3 Å². The lowest BCUT2D eigenvalue weighted by molar-refractivity contribution is 0.602. The molecular formula is C12H17N3S2. The molecule has 2 aromatic rings. The van der Waals surface area contributed by atoms with Crippen molar-refractivity contribution in [3.05, 3.63) is 32.5 Å². The maximum atomic E-state index is 4.12. The molecule has 0 saturated heterocycles. The molecule has 5 heteroatoms. The van der Waals surface area contributed by atoms with E-state index >= 15 is 0 Å². The molecule has 0 saturated carbocycles. The highest BCUT2D eigenvalue weighted by Gasteiger charge is 2.20. The fourth-order valence-corrected chi connectivity index (χ4v) is 3.31.